The Morgan fingerprint density at radius 1 is 0.931 bits per heavy atom. The summed E-state index contributed by atoms with van der Waals surface area (Å²) in [5.74, 6) is -5.37. The number of carbonyl (C=O) groups excluding carboxylic acids is 4. The molecule has 29 heavy (non-hydrogen) atoms. The van der Waals surface area contributed by atoms with Crippen molar-refractivity contribution in [3.8, 4) is 0 Å². The van der Waals surface area contributed by atoms with E-state index in [1.54, 1.807) is 37.3 Å². The first-order valence-corrected chi connectivity index (χ1v) is 8.94. The molecular weight excluding hydrogens is 378 g/mol. The van der Waals surface area contributed by atoms with Crippen molar-refractivity contribution in [2.24, 2.45) is 16.8 Å². The minimum absolute atomic E-state index is 0.0992. The number of hydrogen-bond acceptors (Lipinski definition) is 8. The average Bonchev–Trinajstić information content (AvgIpc) is 2.72. The molecule has 3 atom stereocenters. The molecule has 8 heteroatoms. The van der Waals surface area contributed by atoms with Crippen LogP contribution in [0.15, 0.2) is 46.6 Å². The Labute approximate surface area is 168 Å². The standard InChI is InChI=1S/C21H23NO7/c1-11-15(19(24)27-4)17(16(12(2)22-11)20(25)28-5)21(26)29-13(3)18(23)14-9-7-6-8-10-14/h6-10,13,15,17H,1-5H3/t13-,15?,17+/m1/s1. The second-order valence-electron chi connectivity index (χ2n) is 6.53. The number of aliphatic imine (C=N–C) groups is 1. The summed E-state index contributed by atoms with van der Waals surface area (Å²) in [6, 6.07) is 8.35. The van der Waals surface area contributed by atoms with Crippen LogP contribution in [0.3, 0.4) is 0 Å². The molecule has 0 aromatic heterocycles. The lowest BCUT2D eigenvalue weighted by molar-refractivity contribution is -0.158. The molecular formula is C21H23NO7. The van der Waals surface area contributed by atoms with Gasteiger partial charge in [0.15, 0.2) is 6.10 Å². The third-order valence-electron chi connectivity index (χ3n) is 4.66. The summed E-state index contributed by atoms with van der Waals surface area (Å²) in [7, 11) is 2.33. The largest absolute Gasteiger partial charge is 0.468 e. The number of benzene rings is 1. The van der Waals surface area contributed by atoms with Gasteiger partial charge in [0.05, 0.1) is 19.8 Å². The Morgan fingerprint density at radius 2 is 1.55 bits per heavy atom. The Morgan fingerprint density at radius 3 is 2.10 bits per heavy atom. The van der Waals surface area contributed by atoms with E-state index in [1.807, 2.05) is 0 Å². The molecule has 154 valence electrons. The molecule has 0 N–H and O–H groups in total. The van der Waals surface area contributed by atoms with Gasteiger partial charge in [0.25, 0.3) is 0 Å². The van der Waals surface area contributed by atoms with Crippen LogP contribution >= 0.6 is 0 Å². The van der Waals surface area contributed by atoms with E-state index in [4.69, 9.17) is 14.2 Å². The highest BCUT2D eigenvalue weighted by atomic mass is 16.6. The van der Waals surface area contributed by atoms with Crippen LogP contribution in [0.2, 0.25) is 0 Å². The first-order chi connectivity index (χ1) is 13.7. The average molecular weight is 401 g/mol. The van der Waals surface area contributed by atoms with E-state index in [9.17, 15) is 19.2 Å². The van der Waals surface area contributed by atoms with Crippen molar-refractivity contribution in [1.82, 2.24) is 0 Å². The van der Waals surface area contributed by atoms with Crippen LogP contribution < -0.4 is 0 Å². The van der Waals surface area contributed by atoms with Gasteiger partial charge in [0.2, 0.25) is 5.78 Å². The monoisotopic (exact) mass is 401 g/mol. The van der Waals surface area contributed by atoms with Gasteiger partial charge >= 0.3 is 17.9 Å². The van der Waals surface area contributed by atoms with Crippen LogP contribution in [0.1, 0.15) is 31.1 Å². The summed E-state index contributed by atoms with van der Waals surface area (Å²) in [4.78, 5) is 54.4. The molecule has 0 radical (unpaired) electrons. The molecule has 0 fully saturated rings. The van der Waals surface area contributed by atoms with E-state index in [2.05, 4.69) is 4.99 Å². The fourth-order valence-corrected chi connectivity index (χ4v) is 3.24. The van der Waals surface area contributed by atoms with E-state index in [0.29, 0.717) is 11.3 Å². The molecule has 0 saturated carbocycles. The van der Waals surface area contributed by atoms with Crippen molar-refractivity contribution in [3.63, 3.8) is 0 Å². The number of allylic oxidation sites excluding steroid dienone is 1. The van der Waals surface area contributed by atoms with Gasteiger partial charge in [-0.05, 0) is 20.8 Å². The number of esters is 3. The molecule has 1 aliphatic rings. The van der Waals surface area contributed by atoms with Gasteiger partial charge in [-0.3, -0.25) is 19.4 Å². The predicted molar refractivity (Wildman–Crippen MR) is 103 cm³/mol. The minimum atomic E-state index is -1.33. The SMILES string of the molecule is COC(=O)C1=C(C)N=C(C)C(C(=O)OC)[C@@H]1C(=O)O[C@H](C)C(=O)c1ccccc1. The quantitative estimate of drug-likeness (QED) is 0.408. The van der Waals surface area contributed by atoms with E-state index < -0.39 is 41.6 Å². The predicted octanol–water partition coefficient (Wildman–Crippen LogP) is 2.13. The minimum Gasteiger partial charge on any atom is -0.468 e. The second kappa shape index (κ2) is 9.27. The normalized spacial score (nSPS) is 19.7. The van der Waals surface area contributed by atoms with Crippen LogP contribution in [0.4, 0.5) is 0 Å². The fraction of sp³-hybridized carbons (Fsp3) is 0.381. The van der Waals surface area contributed by atoms with Crippen LogP contribution in [0.5, 0.6) is 0 Å². The second-order valence-corrected chi connectivity index (χ2v) is 6.53. The molecule has 1 aliphatic heterocycles. The van der Waals surface area contributed by atoms with Crippen LogP contribution in [0, 0.1) is 11.8 Å². The van der Waals surface area contributed by atoms with Crippen molar-refractivity contribution in [2.45, 2.75) is 26.9 Å². The lowest BCUT2D eigenvalue weighted by Crippen LogP contribution is -2.43. The fourth-order valence-electron chi connectivity index (χ4n) is 3.24. The maximum atomic E-state index is 13.0. The van der Waals surface area contributed by atoms with Crippen molar-refractivity contribution in [2.75, 3.05) is 14.2 Å². The van der Waals surface area contributed by atoms with Crippen molar-refractivity contribution < 1.29 is 33.4 Å². The summed E-state index contributed by atoms with van der Waals surface area (Å²) in [5, 5.41) is 0. The van der Waals surface area contributed by atoms with Crippen LogP contribution in [-0.4, -0.2) is 49.7 Å². The highest BCUT2D eigenvalue weighted by molar-refractivity contribution is 6.10. The summed E-state index contributed by atoms with van der Waals surface area (Å²) in [5.41, 5.74) is 0.806. The number of hydrogen-bond donors (Lipinski definition) is 0. The highest BCUT2D eigenvalue weighted by Gasteiger charge is 2.47. The van der Waals surface area contributed by atoms with E-state index >= 15 is 0 Å². The number of methoxy groups -OCH3 is 2. The molecule has 1 unspecified atom stereocenters. The molecule has 0 saturated heterocycles. The van der Waals surface area contributed by atoms with E-state index in [-0.39, 0.29) is 11.3 Å². The van der Waals surface area contributed by atoms with Crippen LogP contribution in [-0.2, 0) is 28.6 Å². The smallest absolute Gasteiger partial charge is 0.336 e. The van der Waals surface area contributed by atoms with Gasteiger partial charge in [0.1, 0.15) is 11.8 Å². The number of ether oxygens (including phenoxy) is 3. The Hall–Kier alpha value is -3.29. The molecule has 1 heterocycles. The molecule has 8 nitrogen and oxygen atoms in total. The first-order valence-electron chi connectivity index (χ1n) is 8.94. The summed E-state index contributed by atoms with van der Waals surface area (Å²) >= 11 is 0. The van der Waals surface area contributed by atoms with Crippen LogP contribution in [0.25, 0.3) is 0 Å². The van der Waals surface area contributed by atoms with Gasteiger partial charge in [-0.25, -0.2) is 4.79 Å². The van der Waals surface area contributed by atoms with Crippen molar-refractivity contribution >= 4 is 29.4 Å². The number of ketones is 1. The Kier molecular flexibility index (Phi) is 7.03. The maximum Gasteiger partial charge on any atom is 0.336 e. The van der Waals surface area contributed by atoms with E-state index in [1.165, 1.54) is 21.0 Å². The number of Topliss-reactive ketones (excluding diaryl/α,β-unsaturated/α-hetero) is 1. The van der Waals surface area contributed by atoms with Crippen molar-refractivity contribution in [3.05, 3.63) is 47.2 Å². The van der Waals surface area contributed by atoms with Gasteiger partial charge in [-0.2, -0.15) is 0 Å². The zero-order chi connectivity index (χ0) is 21.7. The molecule has 0 spiro atoms. The van der Waals surface area contributed by atoms with E-state index in [0.717, 1.165) is 7.11 Å². The zero-order valence-electron chi connectivity index (χ0n) is 16.9. The maximum absolute atomic E-state index is 13.0. The molecule has 0 bridgehead atoms. The van der Waals surface area contributed by atoms with Gasteiger partial charge in [-0.1, -0.05) is 30.3 Å². The summed E-state index contributed by atoms with van der Waals surface area (Å²) in [6.07, 6.45) is -1.12. The lowest BCUT2D eigenvalue weighted by atomic mass is 9.79. The lowest BCUT2D eigenvalue weighted by Gasteiger charge is -2.29. The van der Waals surface area contributed by atoms with Gasteiger partial charge in [-0.15, -0.1) is 0 Å². The summed E-state index contributed by atoms with van der Waals surface area (Å²) < 4.78 is 14.9. The third-order valence-corrected chi connectivity index (χ3v) is 4.66. The number of nitrogens with zero attached hydrogens (tertiary/aromatic N) is 1. The first kappa shape index (κ1) is 22.0. The molecule has 2 rings (SSSR count). The third kappa shape index (κ3) is 4.59. The highest BCUT2D eigenvalue weighted by Crippen LogP contribution is 2.34. The Bertz CT molecular complexity index is 886. The Balaban J connectivity index is 2.38. The summed E-state index contributed by atoms with van der Waals surface area (Å²) in [6.45, 7) is 4.51. The molecule has 0 aliphatic carbocycles. The molecule has 0 amide bonds. The topological polar surface area (TPSA) is 108 Å². The zero-order valence-corrected chi connectivity index (χ0v) is 16.9. The molecule has 1 aromatic carbocycles. The van der Waals surface area contributed by atoms with Gasteiger partial charge < -0.3 is 14.2 Å². The number of rotatable bonds is 6. The number of carbonyl (C=O) groups is 4. The molecule has 1 aromatic rings. The van der Waals surface area contributed by atoms with Gasteiger partial charge in [0, 0.05) is 17.0 Å². The van der Waals surface area contributed by atoms with Crippen molar-refractivity contribution in [1.29, 1.82) is 0 Å².